The Hall–Kier alpha value is -7.18. The number of alkyl halides is 8. The average molecular weight is 1130 g/mol. The van der Waals surface area contributed by atoms with Gasteiger partial charge >= 0.3 is 24.5 Å². The molecule has 3 aromatic rings. The second kappa shape index (κ2) is 27.1. The summed E-state index contributed by atoms with van der Waals surface area (Å²) in [4.78, 5) is 61.8. The highest BCUT2D eigenvalue weighted by Gasteiger charge is 2.57. The lowest BCUT2D eigenvalue weighted by Crippen LogP contribution is -2.63. The van der Waals surface area contributed by atoms with Crippen molar-refractivity contribution in [3.63, 3.8) is 0 Å². The van der Waals surface area contributed by atoms with Crippen LogP contribution in [0.25, 0.3) is 0 Å². The van der Waals surface area contributed by atoms with E-state index in [1.165, 1.54) is 24.3 Å². The Morgan fingerprint density at radius 2 is 1.33 bits per heavy atom. The number of pyridine rings is 1. The Kier molecular flexibility index (Phi) is 22.1. The van der Waals surface area contributed by atoms with Crippen molar-refractivity contribution in [1.29, 1.82) is 5.41 Å². The molecule has 1 aliphatic heterocycles. The number of nitrogens with zero attached hydrogens (tertiary/aromatic N) is 4. The van der Waals surface area contributed by atoms with E-state index in [2.05, 4.69) is 67.6 Å². The van der Waals surface area contributed by atoms with Crippen LogP contribution in [0.3, 0.4) is 0 Å². The Balaban J connectivity index is 1.77. The fourth-order valence-electron chi connectivity index (χ4n) is 7.96. The summed E-state index contributed by atoms with van der Waals surface area (Å²) >= 11 is 0. The summed E-state index contributed by atoms with van der Waals surface area (Å²) in [6.07, 6.45) is -15.4. The first-order valence-corrected chi connectivity index (χ1v) is 24.4. The van der Waals surface area contributed by atoms with E-state index in [0.717, 1.165) is 45.4 Å². The molecule has 4 rings (SSSR count). The smallest absolute Gasteiger partial charge is 0.407 e. The number of rotatable bonds is 21. The molecule has 2 heterocycles. The van der Waals surface area contributed by atoms with E-state index in [1.54, 1.807) is 17.6 Å². The van der Waals surface area contributed by atoms with Gasteiger partial charge in [-0.25, -0.2) is 37.1 Å². The molecule has 79 heavy (non-hydrogen) atoms. The number of aliphatic hydroxyl groups is 1. The Bertz CT molecular complexity index is 2660. The van der Waals surface area contributed by atoms with Gasteiger partial charge in [-0.3, -0.25) is 19.9 Å². The van der Waals surface area contributed by atoms with Crippen LogP contribution in [0.5, 0.6) is 0 Å². The first-order chi connectivity index (χ1) is 36.7. The van der Waals surface area contributed by atoms with E-state index < -0.39 is 132 Å². The largest absolute Gasteiger partial charge is 0.453 e. The Labute approximate surface area is 450 Å². The van der Waals surface area contributed by atoms with Crippen molar-refractivity contribution in [1.82, 2.24) is 41.6 Å². The van der Waals surface area contributed by atoms with Gasteiger partial charge in [0.05, 0.1) is 49.5 Å². The van der Waals surface area contributed by atoms with Crippen molar-refractivity contribution < 1.29 is 77.7 Å². The number of carbonyl (C=O) groups is 4. The lowest BCUT2D eigenvalue weighted by molar-refractivity contribution is -0.221. The van der Waals surface area contributed by atoms with Gasteiger partial charge in [0.1, 0.15) is 29.5 Å². The van der Waals surface area contributed by atoms with E-state index >= 15 is 8.78 Å². The number of hydrogen-bond donors (Lipinski definition) is 7. The standard InChI is InChI=1S/C52H64F10N10O7/c1-29-25-71(26-30(2)70(29)7)42-17-16-33(23-65-42)15-12-31-10-13-32(14-11-31)20-39(66-45(74)43(67-47(76)78-8)49(3,4)51(57,58)59)40(73)28-72(69-46(75)44(68-48(77)79-9)50(5,6)52(60,61)62)27-35-36(53)21-34(22-37(35)54)38(63)18-19-64-24-41(55)56/h10-11,13-14,16-19,21-23,29-30,39-41,43-44,63-64,73H,20,24-28H2,1-9H3,(H,66,74)(H,67,76)(H,68,77)(H,69,75)/b19-18-,63-38?/t29?,30?,39-,40-,43?,44+/m0/s1. The summed E-state index contributed by atoms with van der Waals surface area (Å²) in [5, 5.41) is 28.8. The third-order valence-corrected chi connectivity index (χ3v) is 13.4. The average Bonchev–Trinajstić information content (AvgIpc) is 3.44. The number of aliphatic hydroxyl groups excluding tert-OH is 1. The van der Waals surface area contributed by atoms with Crippen LogP contribution < -0.4 is 31.6 Å². The van der Waals surface area contributed by atoms with Crippen LogP contribution in [-0.4, -0.2) is 152 Å². The van der Waals surface area contributed by atoms with Crippen molar-refractivity contribution >= 4 is 35.5 Å². The van der Waals surface area contributed by atoms with Crippen LogP contribution in [0.15, 0.2) is 67.0 Å². The minimum Gasteiger partial charge on any atom is -0.453 e. The lowest BCUT2D eigenvalue weighted by atomic mass is 9.82. The molecule has 17 nitrogen and oxygen atoms in total. The van der Waals surface area contributed by atoms with E-state index in [-0.39, 0.29) is 5.56 Å². The molecule has 0 saturated carbocycles. The van der Waals surface area contributed by atoms with Gasteiger partial charge in [-0.05, 0) is 109 Å². The molecular formula is C52H64F10N10O7. The molecule has 1 aromatic heterocycles. The van der Waals surface area contributed by atoms with Crippen molar-refractivity contribution in [2.75, 3.05) is 52.3 Å². The van der Waals surface area contributed by atoms with E-state index in [4.69, 9.17) is 5.41 Å². The number of allylic oxidation sites excluding steroid dienone is 1. The van der Waals surface area contributed by atoms with Crippen LogP contribution >= 0.6 is 0 Å². The molecule has 0 bridgehead atoms. The molecule has 3 unspecified atom stereocenters. The zero-order chi connectivity index (χ0) is 59.4. The fraction of sp³-hybridized carbons (Fsp3) is 0.500. The second-order valence-corrected chi connectivity index (χ2v) is 19.9. The fourth-order valence-corrected chi connectivity index (χ4v) is 7.96. The number of halogens is 10. The molecule has 0 radical (unpaired) electrons. The van der Waals surface area contributed by atoms with Crippen LogP contribution in [0.1, 0.15) is 69.4 Å². The van der Waals surface area contributed by atoms with Crippen LogP contribution in [0.2, 0.25) is 0 Å². The first kappa shape index (κ1) is 64.3. The molecular weight excluding hydrogens is 1070 g/mol. The van der Waals surface area contributed by atoms with Crippen molar-refractivity contribution in [3.05, 3.63) is 106 Å². The SMILES string of the molecule is COC(=O)NC(C(=O)N[C@@H](Cc1ccc(C#Cc2ccc(N3CC(C)N(C)C(C)C3)nc2)cc1)[C@@H](O)CN(Cc1c(F)cc(C(=N)/C=C\NCC(F)F)cc1F)NC(=O)[C@@H](NC(=O)OC)C(C)(C)C(F)(F)F)C(C)(C)C(F)(F)F. The van der Waals surface area contributed by atoms with Crippen LogP contribution in [0.4, 0.5) is 59.3 Å². The molecule has 1 aliphatic rings. The maximum Gasteiger partial charge on any atom is 0.407 e. The van der Waals surface area contributed by atoms with Gasteiger partial charge in [-0.2, -0.15) is 26.3 Å². The number of methoxy groups -OCH3 is 2. The van der Waals surface area contributed by atoms with Gasteiger partial charge in [-0.1, -0.05) is 24.0 Å². The Morgan fingerprint density at radius 1 is 0.823 bits per heavy atom. The predicted molar refractivity (Wildman–Crippen MR) is 270 cm³/mol. The minimum absolute atomic E-state index is 0.266. The highest BCUT2D eigenvalue weighted by atomic mass is 19.4. The number of anilines is 1. The summed E-state index contributed by atoms with van der Waals surface area (Å²) < 4.78 is 153. The number of ether oxygens (including phenoxy) is 2. The number of likely N-dealkylation sites (N-methyl/N-ethyl adjacent to an activating group) is 1. The number of hydrogen-bond acceptors (Lipinski definition) is 13. The molecule has 7 N–H and O–H groups in total. The first-order valence-electron chi connectivity index (χ1n) is 24.4. The molecule has 1 saturated heterocycles. The quantitative estimate of drug-likeness (QED) is 0.0261. The zero-order valence-electron chi connectivity index (χ0n) is 44.6. The highest BCUT2D eigenvalue weighted by Crippen LogP contribution is 2.42. The summed E-state index contributed by atoms with van der Waals surface area (Å²) in [7, 11) is 3.66. The van der Waals surface area contributed by atoms with Crippen molar-refractivity contribution in [3.8, 4) is 11.8 Å². The van der Waals surface area contributed by atoms with Gasteiger partial charge in [0, 0.05) is 66.7 Å². The monoisotopic (exact) mass is 1130 g/mol. The van der Waals surface area contributed by atoms with Crippen LogP contribution in [0, 0.1) is 39.7 Å². The van der Waals surface area contributed by atoms with Gasteiger partial charge in [0.2, 0.25) is 5.91 Å². The van der Waals surface area contributed by atoms with E-state index in [9.17, 15) is 59.4 Å². The van der Waals surface area contributed by atoms with Gasteiger partial charge in [0.15, 0.2) is 0 Å². The topological polar surface area (TPSA) is 214 Å². The third kappa shape index (κ3) is 17.4. The number of amides is 4. The molecule has 434 valence electrons. The lowest BCUT2D eigenvalue weighted by Gasteiger charge is -2.42. The maximum atomic E-state index is 16.0. The highest BCUT2D eigenvalue weighted by molar-refractivity contribution is 6.06. The van der Waals surface area contributed by atoms with E-state index in [0.29, 0.717) is 68.0 Å². The number of hydrazine groups is 1. The van der Waals surface area contributed by atoms with Gasteiger partial charge < -0.3 is 46.2 Å². The van der Waals surface area contributed by atoms with Crippen molar-refractivity contribution in [2.45, 2.75) is 110 Å². The molecule has 4 amide bonds. The summed E-state index contributed by atoms with van der Waals surface area (Å²) in [5.41, 5.74) is -4.83. The molecule has 6 atom stereocenters. The molecule has 0 aliphatic carbocycles. The van der Waals surface area contributed by atoms with Crippen LogP contribution in [-0.2, 0) is 32.0 Å². The number of carbonyl (C=O) groups excluding carboxylic acids is 4. The molecule has 2 aromatic carbocycles. The number of aromatic nitrogens is 1. The normalized spacial score (nSPS) is 17.0. The maximum absolute atomic E-state index is 16.0. The molecule has 27 heteroatoms. The molecule has 1 fully saturated rings. The zero-order valence-corrected chi connectivity index (χ0v) is 44.6. The second-order valence-electron chi connectivity index (χ2n) is 19.9. The van der Waals surface area contributed by atoms with Gasteiger partial charge in [-0.15, -0.1) is 0 Å². The van der Waals surface area contributed by atoms with Gasteiger partial charge in [0.25, 0.3) is 12.3 Å². The number of nitrogens with one attached hydrogen (secondary N) is 6. The number of alkyl carbamates (subject to hydrolysis) is 2. The summed E-state index contributed by atoms with van der Waals surface area (Å²) in [6.45, 7) is 4.94. The summed E-state index contributed by atoms with van der Waals surface area (Å²) in [5.74, 6) is 0.646. The Morgan fingerprint density at radius 3 is 1.81 bits per heavy atom. The predicted octanol–water partition coefficient (Wildman–Crippen LogP) is 6.57. The van der Waals surface area contributed by atoms with E-state index in [1.807, 2.05) is 16.8 Å². The number of benzene rings is 2. The molecule has 0 spiro atoms. The summed E-state index contributed by atoms with van der Waals surface area (Å²) in [6, 6.07) is 4.71. The number of piperazine rings is 1. The van der Waals surface area contributed by atoms with Crippen molar-refractivity contribution in [2.24, 2.45) is 10.8 Å². The third-order valence-electron chi connectivity index (χ3n) is 13.4. The minimum atomic E-state index is -5.23.